The number of carbonyl (C=O) groups excluding carboxylic acids is 2. The molecule has 10 nitrogen and oxygen atoms in total. The lowest BCUT2D eigenvalue weighted by Gasteiger charge is -2.27. The molecule has 0 bridgehead atoms. The Morgan fingerprint density at radius 3 is 2.82 bits per heavy atom. The lowest BCUT2D eigenvalue weighted by Crippen LogP contribution is -2.47. The third-order valence-electron chi connectivity index (χ3n) is 7.17. The van der Waals surface area contributed by atoms with Crippen LogP contribution in [0.3, 0.4) is 0 Å². The standard InChI is InChI=1S/C28H28N8O2/c1-34-24-15-19(16-35-13-14-36-25(17-35)30-18-31-36)7-8-21(24)9-10-23(28(34)38)33-27(37)26-29-12-11-22(32-26)20-5-3-2-4-6-20/h2-8,11-12,15,18,23H,9-10,13-14,16-17H2,1H3,(H,33,37)/t23-/m1/s1. The van der Waals surface area contributed by atoms with Crippen LogP contribution in [0.2, 0.25) is 0 Å². The lowest BCUT2D eigenvalue weighted by molar-refractivity contribution is -0.120. The van der Waals surface area contributed by atoms with Crippen molar-refractivity contribution in [3.05, 3.63) is 89.9 Å². The first-order valence-electron chi connectivity index (χ1n) is 12.7. The Balaban J connectivity index is 1.15. The van der Waals surface area contributed by atoms with E-state index in [2.05, 4.69) is 48.5 Å². The van der Waals surface area contributed by atoms with Crippen LogP contribution in [0.4, 0.5) is 5.69 Å². The lowest BCUT2D eigenvalue weighted by atomic mass is 10.0. The zero-order chi connectivity index (χ0) is 26.1. The molecule has 6 rings (SSSR count). The van der Waals surface area contributed by atoms with Crippen molar-refractivity contribution in [2.75, 3.05) is 18.5 Å². The molecule has 0 saturated heterocycles. The molecule has 4 heterocycles. The number of carbonyl (C=O) groups is 2. The van der Waals surface area contributed by atoms with Gasteiger partial charge >= 0.3 is 0 Å². The van der Waals surface area contributed by atoms with Gasteiger partial charge in [0.25, 0.3) is 5.91 Å². The molecular formula is C28H28N8O2. The summed E-state index contributed by atoms with van der Waals surface area (Å²) >= 11 is 0. The largest absolute Gasteiger partial charge is 0.337 e. The highest BCUT2D eigenvalue weighted by Crippen LogP contribution is 2.28. The van der Waals surface area contributed by atoms with Gasteiger partial charge in [0.15, 0.2) is 0 Å². The fourth-order valence-corrected chi connectivity index (χ4v) is 5.11. The van der Waals surface area contributed by atoms with Crippen LogP contribution in [0.15, 0.2) is 67.1 Å². The molecular weight excluding hydrogens is 480 g/mol. The Kier molecular flexibility index (Phi) is 6.38. The number of nitrogens with zero attached hydrogens (tertiary/aromatic N) is 7. The molecule has 38 heavy (non-hydrogen) atoms. The van der Waals surface area contributed by atoms with Crippen molar-refractivity contribution < 1.29 is 9.59 Å². The number of amides is 2. The minimum absolute atomic E-state index is 0.0446. The van der Waals surface area contributed by atoms with Crippen molar-refractivity contribution >= 4 is 17.5 Å². The monoisotopic (exact) mass is 508 g/mol. The highest BCUT2D eigenvalue weighted by Gasteiger charge is 2.30. The van der Waals surface area contributed by atoms with Gasteiger partial charge in [0.1, 0.15) is 18.2 Å². The molecule has 0 unspecified atom stereocenters. The number of rotatable bonds is 5. The van der Waals surface area contributed by atoms with E-state index in [1.807, 2.05) is 35.0 Å². The number of nitrogens with one attached hydrogen (secondary N) is 1. The molecule has 0 spiro atoms. The summed E-state index contributed by atoms with van der Waals surface area (Å²) in [5.41, 5.74) is 4.65. The molecule has 1 N–H and O–H groups in total. The van der Waals surface area contributed by atoms with Gasteiger partial charge in [-0.15, -0.1) is 0 Å². The first-order chi connectivity index (χ1) is 18.5. The maximum atomic E-state index is 13.4. The van der Waals surface area contributed by atoms with Crippen molar-refractivity contribution in [2.45, 2.75) is 38.5 Å². The average Bonchev–Trinajstić information content (AvgIpc) is 3.39. The second-order valence-corrected chi connectivity index (χ2v) is 9.67. The van der Waals surface area contributed by atoms with Crippen molar-refractivity contribution in [1.29, 1.82) is 0 Å². The molecule has 1 atom stereocenters. The van der Waals surface area contributed by atoms with E-state index in [-0.39, 0.29) is 11.7 Å². The quantitative estimate of drug-likeness (QED) is 0.441. The van der Waals surface area contributed by atoms with Crippen LogP contribution in [0.5, 0.6) is 0 Å². The molecule has 10 heteroatoms. The smallest absolute Gasteiger partial charge is 0.289 e. The molecule has 2 aromatic heterocycles. The van der Waals surface area contributed by atoms with Gasteiger partial charge in [-0.25, -0.2) is 19.6 Å². The van der Waals surface area contributed by atoms with Crippen LogP contribution in [0.1, 0.15) is 34.0 Å². The molecule has 2 aliphatic rings. The highest BCUT2D eigenvalue weighted by molar-refractivity contribution is 6.02. The number of aryl methyl sites for hydroxylation is 1. The van der Waals surface area contributed by atoms with E-state index in [4.69, 9.17) is 0 Å². The van der Waals surface area contributed by atoms with Gasteiger partial charge in [-0.2, -0.15) is 5.10 Å². The number of benzene rings is 2. The Morgan fingerprint density at radius 1 is 1.08 bits per heavy atom. The summed E-state index contributed by atoms with van der Waals surface area (Å²) in [4.78, 5) is 43.4. The molecule has 0 aliphatic carbocycles. The van der Waals surface area contributed by atoms with Gasteiger partial charge in [0, 0.05) is 37.6 Å². The van der Waals surface area contributed by atoms with Gasteiger partial charge in [-0.3, -0.25) is 14.5 Å². The molecule has 2 amide bonds. The Morgan fingerprint density at radius 2 is 1.95 bits per heavy atom. The van der Waals surface area contributed by atoms with Gasteiger partial charge in [-0.05, 0) is 36.1 Å². The Bertz CT molecular complexity index is 1490. The van der Waals surface area contributed by atoms with Crippen molar-refractivity contribution in [2.24, 2.45) is 0 Å². The van der Waals surface area contributed by atoms with E-state index < -0.39 is 11.9 Å². The number of aromatic nitrogens is 5. The Labute approximate surface area is 220 Å². The molecule has 0 radical (unpaired) electrons. The zero-order valence-corrected chi connectivity index (χ0v) is 21.1. The maximum Gasteiger partial charge on any atom is 0.289 e. The van der Waals surface area contributed by atoms with Gasteiger partial charge in [0.05, 0.1) is 18.8 Å². The number of hydrogen-bond acceptors (Lipinski definition) is 7. The fraction of sp³-hybridized carbons (Fsp3) is 0.286. The van der Waals surface area contributed by atoms with Gasteiger partial charge < -0.3 is 10.2 Å². The third kappa shape index (κ3) is 4.78. The van der Waals surface area contributed by atoms with Crippen LogP contribution < -0.4 is 10.2 Å². The van der Waals surface area contributed by atoms with E-state index in [1.165, 1.54) is 0 Å². The fourth-order valence-electron chi connectivity index (χ4n) is 5.11. The highest BCUT2D eigenvalue weighted by atomic mass is 16.2. The van der Waals surface area contributed by atoms with Gasteiger partial charge in [0.2, 0.25) is 11.7 Å². The zero-order valence-electron chi connectivity index (χ0n) is 21.1. The molecule has 2 aliphatic heterocycles. The summed E-state index contributed by atoms with van der Waals surface area (Å²) in [5.74, 6) is 0.400. The number of hydrogen-bond donors (Lipinski definition) is 1. The van der Waals surface area contributed by atoms with Crippen molar-refractivity contribution in [3.63, 3.8) is 0 Å². The van der Waals surface area contributed by atoms with Crippen LogP contribution in [-0.4, -0.2) is 61.1 Å². The first kappa shape index (κ1) is 23.9. The predicted molar refractivity (Wildman–Crippen MR) is 141 cm³/mol. The minimum atomic E-state index is -0.666. The molecule has 4 aromatic rings. The molecule has 192 valence electrons. The second-order valence-electron chi connectivity index (χ2n) is 9.67. The summed E-state index contributed by atoms with van der Waals surface area (Å²) in [6.45, 7) is 3.22. The number of anilines is 1. The van der Waals surface area contributed by atoms with E-state index in [9.17, 15) is 9.59 Å². The average molecular weight is 509 g/mol. The topological polar surface area (TPSA) is 109 Å². The summed E-state index contributed by atoms with van der Waals surface area (Å²) in [6.07, 6.45) is 4.34. The molecule has 2 aromatic carbocycles. The van der Waals surface area contributed by atoms with Crippen molar-refractivity contribution in [1.82, 2.24) is 34.9 Å². The van der Waals surface area contributed by atoms with E-state index >= 15 is 0 Å². The van der Waals surface area contributed by atoms with Gasteiger partial charge in [-0.1, -0.05) is 42.5 Å². The van der Waals surface area contributed by atoms with Crippen LogP contribution in [0.25, 0.3) is 11.3 Å². The first-order valence-corrected chi connectivity index (χ1v) is 12.7. The number of likely N-dealkylation sites (N-methyl/N-ethyl adjacent to an activating group) is 1. The van der Waals surface area contributed by atoms with Crippen LogP contribution >= 0.6 is 0 Å². The van der Waals surface area contributed by atoms with Crippen LogP contribution in [0, 0.1) is 0 Å². The molecule has 0 saturated carbocycles. The number of fused-ring (bicyclic) bond motifs is 2. The SMILES string of the molecule is CN1C(=O)[C@H](NC(=O)c2nccc(-c3ccccc3)n2)CCc2ccc(CN3CCn4ncnc4C3)cc21. The second kappa shape index (κ2) is 10.1. The molecule has 0 fully saturated rings. The minimum Gasteiger partial charge on any atom is -0.337 e. The predicted octanol–water partition coefficient (Wildman–Crippen LogP) is 2.46. The van der Waals surface area contributed by atoms with E-state index in [0.29, 0.717) is 18.5 Å². The maximum absolute atomic E-state index is 13.4. The summed E-state index contributed by atoms with van der Waals surface area (Å²) in [7, 11) is 1.77. The Hall–Kier alpha value is -4.44. The van der Waals surface area contributed by atoms with Crippen LogP contribution in [-0.2, 0) is 30.8 Å². The van der Waals surface area contributed by atoms with E-state index in [1.54, 1.807) is 30.5 Å². The third-order valence-corrected chi connectivity index (χ3v) is 7.17. The normalized spacial score (nSPS) is 17.4. The summed E-state index contributed by atoms with van der Waals surface area (Å²) in [5, 5.41) is 7.12. The summed E-state index contributed by atoms with van der Waals surface area (Å²) < 4.78 is 1.94. The van der Waals surface area contributed by atoms with E-state index in [0.717, 1.165) is 54.4 Å². The van der Waals surface area contributed by atoms with Crippen molar-refractivity contribution in [3.8, 4) is 11.3 Å². The summed E-state index contributed by atoms with van der Waals surface area (Å²) in [6, 6.07) is 17.0.